The van der Waals surface area contributed by atoms with Gasteiger partial charge in [-0.15, -0.1) is 0 Å². The number of carboxylic acid groups (broad SMARTS) is 1. The number of carbonyl (C=O) groups is 1. The first-order valence-electron chi connectivity index (χ1n) is 5.90. The predicted molar refractivity (Wildman–Crippen MR) is 73.0 cm³/mol. The topological polar surface area (TPSA) is 37.3 Å². The van der Waals surface area contributed by atoms with Gasteiger partial charge in [0.1, 0.15) is 0 Å². The second kappa shape index (κ2) is 4.65. The third kappa shape index (κ3) is 2.28. The number of aromatic carboxylic acids is 1. The Labute approximate surface area is 107 Å². The lowest BCUT2D eigenvalue weighted by molar-refractivity contribution is 0.0695. The molecule has 0 aliphatic rings. The second-order valence-corrected chi connectivity index (χ2v) is 4.66. The molecular weight excluding hydrogens is 224 g/mol. The lowest BCUT2D eigenvalue weighted by Gasteiger charge is -2.09. The van der Waals surface area contributed by atoms with Crippen molar-refractivity contribution in [2.24, 2.45) is 0 Å². The summed E-state index contributed by atoms with van der Waals surface area (Å²) in [7, 11) is 0. The minimum atomic E-state index is -0.861. The maximum absolute atomic E-state index is 11.1. The molecular formula is C16H16O2. The van der Waals surface area contributed by atoms with Crippen molar-refractivity contribution >= 4 is 5.97 Å². The fourth-order valence-corrected chi connectivity index (χ4v) is 2.21. The van der Waals surface area contributed by atoms with Crippen LogP contribution in [0.25, 0.3) is 11.1 Å². The smallest absolute Gasteiger partial charge is 0.336 e. The highest BCUT2D eigenvalue weighted by Gasteiger charge is 2.12. The molecule has 0 bridgehead atoms. The van der Waals surface area contributed by atoms with Gasteiger partial charge in [-0.05, 0) is 43.0 Å². The molecule has 2 aromatic rings. The summed E-state index contributed by atoms with van der Waals surface area (Å²) in [6.07, 6.45) is 0. The van der Waals surface area contributed by atoms with Crippen LogP contribution in [-0.2, 0) is 0 Å². The van der Waals surface area contributed by atoms with Gasteiger partial charge in [0.05, 0.1) is 5.56 Å². The Balaban J connectivity index is 2.54. The van der Waals surface area contributed by atoms with E-state index in [0.717, 1.165) is 22.3 Å². The number of rotatable bonds is 2. The van der Waals surface area contributed by atoms with Gasteiger partial charge in [0.25, 0.3) is 0 Å². The van der Waals surface area contributed by atoms with Gasteiger partial charge in [0.15, 0.2) is 0 Å². The summed E-state index contributed by atoms with van der Waals surface area (Å²) in [4.78, 5) is 11.1. The van der Waals surface area contributed by atoms with E-state index < -0.39 is 5.97 Å². The van der Waals surface area contributed by atoms with Crippen LogP contribution in [-0.4, -0.2) is 11.1 Å². The number of benzene rings is 2. The first-order chi connectivity index (χ1) is 8.49. The molecule has 2 nitrogen and oxygen atoms in total. The Morgan fingerprint density at radius 1 is 0.889 bits per heavy atom. The van der Waals surface area contributed by atoms with E-state index in [1.807, 2.05) is 32.9 Å². The van der Waals surface area contributed by atoms with E-state index in [2.05, 4.69) is 24.3 Å². The standard InChI is InChI=1S/C16H16O2/c1-10-4-6-13(7-5-10)14-8-11(2)15(16(17)18)12(3)9-14/h4-9H,1-3H3,(H,17,18). The lowest BCUT2D eigenvalue weighted by atomic mass is 9.95. The summed E-state index contributed by atoms with van der Waals surface area (Å²) in [6, 6.07) is 12.1. The van der Waals surface area contributed by atoms with Crippen molar-refractivity contribution < 1.29 is 9.90 Å². The molecule has 2 rings (SSSR count). The summed E-state index contributed by atoms with van der Waals surface area (Å²) in [5, 5.41) is 9.14. The molecule has 0 spiro atoms. The second-order valence-electron chi connectivity index (χ2n) is 4.66. The summed E-state index contributed by atoms with van der Waals surface area (Å²) in [5.74, 6) is -0.861. The molecule has 0 saturated carbocycles. The zero-order valence-corrected chi connectivity index (χ0v) is 10.8. The summed E-state index contributed by atoms with van der Waals surface area (Å²) in [5.41, 5.74) is 5.41. The quantitative estimate of drug-likeness (QED) is 0.862. The zero-order valence-electron chi connectivity index (χ0n) is 10.8. The molecule has 0 aliphatic heterocycles. The molecule has 2 aromatic carbocycles. The van der Waals surface area contributed by atoms with Crippen LogP contribution in [0, 0.1) is 20.8 Å². The predicted octanol–water partition coefficient (Wildman–Crippen LogP) is 3.98. The van der Waals surface area contributed by atoms with E-state index in [1.54, 1.807) is 0 Å². The van der Waals surface area contributed by atoms with E-state index in [-0.39, 0.29) is 0 Å². The molecule has 0 unspecified atom stereocenters. The highest BCUT2D eigenvalue weighted by atomic mass is 16.4. The molecule has 0 saturated heterocycles. The maximum atomic E-state index is 11.1. The molecule has 0 atom stereocenters. The van der Waals surface area contributed by atoms with E-state index in [0.29, 0.717) is 5.56 Å². The van der Waals surface area contributed by atoms with Crippen LogP contribution in [0.4, 0.5) is 0 Å². The van der Waals surface area contributed by atoms with Gasteiger partial charge in [0.2, 0.25) is 0 Å². The van der Waals surface area contributed by atoms with Crippen molar-refractivity contribution in [2.45, 2.75) is 20.8 Å². The number of aryl methyl sites for hydroxylation is 3. The van der Waals surface area contributed by atoms with Gasteiger partial charge in [-0.2, -0.15) is 0 Å². The fraction of sp³-hybridized carbons (Fsp3) is 0.188. The Bertz CT molecular complexity index is 572. The third-order valence-electron chi connectivity index (χ3n) is 3.13. The van der Waals surface area contributed by atoms with E-state index in [1.165, 1.54) is 5.56 Å². The summed E-state index contributed by atoms with van der Waals surface area (Å²) < 4.78 is 0. The van der Waals surface area contributed by atoms with Gasteiger partial charge < -0.3 is 5.11 Å². The molecule has 0 heterocycles. The monoisotopic (exact) mass is 240 g/mol. The van der Waals surface area contributed by atoms with Gasteiger partial charge in [-0.25, -0.2) is 4.79 Å². The number of hydrogen-bond acceptors (Lipinski definition) is 1. The molecule has 2 heteroatoms. The molecule has 0 fully saturated rings. The first-order valence-corrected chi connectivity index (χ1v) is 5.90. The Morgan fingerprint density at radius 2 is 1.39 bits per heavy atom. The van der Waals surface area contributed by atoms with E-state index in [4.69, 9.17) is 5.11 Å². The molecule has 0 aliphatic carbocycles. The third-order valence-corrected chi connectivity index (χ3v) is 3.13. The van der Waals surface area contributed by atoms with Gasteiger partial charge in [-0.3, -0.25) is 0 Å². The fourth-order valence-electron chi connectivity index (χ4n) is 2.21. The van der Waals surface area contributed by atoms with E-state index >= 15 is 0 Å². The van der Waals surface area contributed by atoms with Crippen molar-refractivity contribution in [3.63, 3.8) is 0 Å². The average Bonchev–Trinajstić information content (AvgIpc) is 2.28. The van der Waals surface area contributed by atoms with Crippen LogP contribution >= 0.6 is 0 Å². The van der Waals surface area contributed by atoms with Gasteiger partial charge in [-0.1, -0.05) is 42.0 Å². The minimum absolute atomic E-state index is 0.408. The average molecular weight is 240 g/mol. The molecule has 1 N–H and O–H groups in total. The van der Waals surface area contributed by atoms with Gasteiger partial charge in [0, 0.05) is 0 Å². The Morgan fingerprint density at radius 3 is 1.83 bits per heavy atom. The first kappa shape index (κ1) is 12.4. The Hall–Kier alpha value is -2.09. The van der Waals surface area contributed by atoms with Crippen molar-refractivity contribution in [3.05, 3.63) is 58.7 Å². The number of hydrogen-bond donors (Lipinski definition) is 1. The largest absolute Gasteiger partial charge is 0.478 e. The minimum Gasteiger partial charge on any atom is -0.478 e. The molecule has 0 aromatic heterocycles. The highest BCUT2D eigenvalue weighted by Crippen LogP contribution is 2.25. The van der Waals surface area contributed by atoms with Crippen LogP contribution in [0.5, 0.6) is 0 Å². The molecule has 92 valence electrons. The SMILES string of the molecule is Cc1ccc(-c2cc(C)c(C(=O)O)c(C)c2)cc1. The summed E-state index contributed by atoms with van der Waals surface area (Å²) in [6.45, 7) is 5.73. The van der Waals surface area contributed by atoms with Crippen LogP contribution in [0.1, 0.15) is 27.0 Å². The molecule has 18 heavy (non-hydrogen) atoms. The van der Waals surface area contributed by atoms with Crippen LogP contribution < -0.4 is 0 Å². The van der Waals surface area contributed by atoms with Gasteiger partial charge >= 0.3 is 5.97 Å². The maximum Gasteiger partial charge on any atom is 0.336 e. The van der Waals surface area contributed by atoms with E-state index in [9.17, 15) is 4.79 Å². The normalized spacial score (nSPS) is 10.4. The lowest BCUT2D eigenvalue weighted by Crippen LogP contribution is -2.03. The number of carboxylic acids is 1. The Kier molecular flexibility index (Phi) is 3.19. The van der Waals surface area contributed by atoms with Crippen molar-refractivity contribution in [1.82, 2.24) is 0 Å². The molecule has 0 amide bonds. The van der Waals surface area contributed by atoms with Crippen molar-refractivity contribution in [2.75, 3.05) is 0 Å². The highest BCUT2D eigenvalue weighted by molar-refractivity contribution is 5.92. The summed E-state index contributed by atoms with van der Waals surface area (Å²) >= 11 is 0. The van der Waals surface area contributed by atoms with Crippen LogP contribution in [0.15, 0.2) is 36.4 Å². The zero-order chi connectivity index (χ0) is 13.3. The van der Waals surface area contributed by atoms with Crippen LogP contribution in [0.2, 0.25) is 0 Å². The van der Waals surface area contributed by atoms with Crippen molar-refractivity contribution in [3.8, 4) is 11.1 Å². The molecule has 0 radical (unpaired) electrons. The van der Waals surface area contributed by atoms with Crippen LogP contribution in [0.3, 0.4) is 0 Å². The van der Waals surface area contributed by atoms with Crippen molar-refractivity contribution in [1.29, 1.82) is 0 Å².